The number of carbonyl (C=O) groups is 1. The van der Waals surface area contributed by atoms with Gasteiger partial charge in [0.15, 0.2) is 5.11 Å². The molecular formula is C16H12ClN3OS. The van der Waals surface area contributed by atoms with Gasteiger partial charge in [0.2, 0.25) is 0 Å². The first-order valence-corrected chi connectivity index (χ1v) is 7.35. The van der Waals surface area contributed by atoms with Crippen LogP contribution < -0.4 is 10.6 Å². The number of halogens is 1. The predicted molar refractivity (Wildman–Crippen MR) is 93.4 cm³/mol. The van der Waals surface area contributed by atoms with Crippen molar-refractivity contribution in [1.82, 2.24) is 10.3 Å². The molecule has 0 atom stereocenters. The topological polar surface area (TPSA) is 56.9 Å². The van der Waals surface area contributed by atoms with Crippen LogP contribution >= 0.6 is 23.8 Å². The van der Waals surface area contributed by atoms with Gasteiger partial charge in [0.05, 0.1) is 0 Å². The highest BCUT2D eigenvalue weighted by Crippen LogP contribution is 2.17. The number of benzene rings is 2. The van der Waals surface area contributed by atoms with E-state index < -0.39 is 0 Å². The lowest BCUT2D eigenvalue weighted by Gasteiger charge is -2.10. The predicted octanol–water partition coefficient (Wildman–Crippen LogP) is 3.95. The average Bonchev–Trinajstić information content (AvgIpc) is 2.94. The first kappa shape index (κ1) is 14.6. The minimum absolute atomic E-state index is 0.236. The zero-order valence-electron chi connectivity index (χ0n) is 11.4. The number of aromatic nitrogens is 1. The molecule has 0 spiro atoms. The number of thiocarbonyl (C=S) groups is 1. The van der Waals surface area contributed by atoms with Gasteiger partial charge >= 0.3 is 0 Å². The number of hydrogen-bond donors (Lipinski definition) is 3. The van der Waals surface area contributed by atoms with Gasteiger partial charge < -0.3 is 10.3 Å². The Morgan fingerprint density at radius 3 is 2.82 bits per heavy atom. The monoisotopic (exact) mass is 329 g/mol. The van der Waals surface area contributed by atoms with E-state index in [2.05, 4.69) is 15.6 Å². The molecule has 0 aliphatic rings. The minimum atomic E-state index is -0.303. The second-order valence-corrected chi connectivity index (χ2v) is 5.54. The Morgan fingerprint density at radius 1 is 1.14 bits per heavy atom. The summed E-state index contributed by atoms with van der Waals surface area (Å²) in [5.74, 6) is -0.303. The molecule has 1 aromatic heterocycles. The summed E-state index contributed by atoms with van der Waals surface area (Å²) in [4.78, 5) is 15.2. The van der Waals surface area contributed by atoms with Crippen molar-refractivity contribution < 1.29 is 4.79 Å². The molecule has 0 aliphatic heterocycles. The standard InChI is InChI=1S/C16H12ClN3OS/c17-12-3-1-2-11(8-12)15(21)20-16(22)19-13-4-5-14-10(9-13)6-7-18-14/h1-9,18H,(H2,19,20,21,22). The highest BCUT2D eigenvalue weighted by Gasteiger charge is 2.08. The van der Waals surface area contributed by atoms with Crippen LogP contribution in [0.5, 0.6) is 0 Å². The molecule has 110 valence electrons. The van der Waals surface area contributed by atoms with Gasteiger partial charge in [0.25, 0.3) is 5.91 Å². The lowest BCUT2D eigenvalue weighted by molar-refractivity contribution is 0.0977. The molecule has 3 rings (SSSR count). The van der Waals surface area contributed by atoms with Gasteiger partial charge in [-0.25, -0.2) is 0 Å². The van der Waals surface area contributed by atoms with Gasteiger partial charge in [0, 0.05) is 33.4 Å². The number of carbonyl (C=O) groups excluding carboxylic acids is 1. The van der Waals surface area contributed by atoms with E-state index in [0.717, 1.165) is 16.6 Å². The van der Waals surface area contributed by atoms with Crippen molar-refractivity contribution in [2.45, 2.75) is 0 Å². The third kappa shape index (κ3) is 3.27. The van der Waals surface area contributed by atoms with Crippen molar-refractivity contribution in [3.8, 4) is 0 Å². The highest BCUT2D eigenvalue weighted by molar-refractivity contribution is 7.80. The van der Waals surface area contributed by atoms with Gasteiger partial charge in [-0.2, -0.15) is 0 Å². The molecule has 0 fully saturated rings. The zero-order chi connectivity index (χ0) is 15.5. The Balaban J connectivity index is 1.68. The number of amides is 1. The Labute approximate surface area is 137 Å². The molecular weight excluding hydrogens is 318 g/mol. The van der Waals surface area contributed by atoms with E-state index in [-0.39, 0.29) is 11.0 Å². The third-order valence-corrected chi connectivity index (χ3v) is 3.56. The Morgan fingerprint density at radius 2 is 2.00 bits per heavy atom. The van der Waals surface area contributed by atoms with Crippen LogP contribution in [0.1, 0.15) is 10.4 Å². The Hall–Kier alpha value is -2.37. The van der Waals surface area contributed by atoms with E-state index in [0.29, 0.717) is 10.6 Å². The fourth-order valence-electron chi connectivity index (χ4n) is 2.10. The third-order valence-electron chi connectivity index (χ3n) is 3.13. The average molecular weight is 330 g/mol. The number of H-pyrrole nitrogens is 1. The molecule has 0 unspecified atom stereocenters. The number of fused-ring (bicyclic) bond motifs is 1. The van der Waals surface area contributed by atoms with E-state index in [1.54, 1.807) is 24.3 Å². The molecule has 1 amide bonds. The molecule has 1 heterocycles. The molecule has 3 aromatic rings. The van der Waals surface area contributed by atoms with Gasteiger partial charge in [0.1, 0.15) is 0 Å². The molecule has 0 saturated carbocycles. The summed E-state index contributed by atoms with van der Waals surface area (Å²) in [7, 11) is 0. The number of anilines is 1. The van der Waals surface area contributed by atoms with Crippen molar-refractivity contribution in [1.29, 1.82) is 0 Å². The van der Waals surface area contributed by atoms with Crippen molar-refractivity contribution >= 4 is 51.4 Å². The van der Waals surface area contributed by atoms with Crippen LogP contribution in [0.2, 0.25) is 5.02 Å². The number of aromatic amines is 1. The fraction of sp³-hybridized carbons (Fsp3) is 0. The van der Waals surface area contributed by atoms with Crippen LogP contribution in [-0.2, 0) is 0 Å². The first-order chi connectivity index (χ1) is 10.6. The zero-order valence-corrected chi connectivity index (χ0v) is 13.0. The maximum Gasteiger partial charge on any atom is 0.257 e. The molecule has 22 heavy (non-hydrogen) atoms. The van der Waals surface area contributed by atoms with Crippen molar-refractivity contribution in [3.63, 3.8) is 0 Å². The maximum absolute atomic E-state index is 12.1. The van der Waals surface area contributed by atoms with E-state index in [4.69, 9.17) is 23.8 Å². The Kier molecular flexibility index (Phi) is 4.09. The number of nitrogens with one attached hydrogen (secondary N) is 3. The summed E-state index contributed by atoms with van der Waals surface area (Å²) in [6.45, 7) is 0. The SMILES string of the molecule is O=C(NC(=S)Nc1ccc2[nH]ccc2c1)c1cccc(Cl)c1. The molecule has 6 heteroatoms. The van der Waals surface area contributed by atoms with E-state index in [1.807, 2.05) is 30.5 Å². The van der Waals surface area contributed by atoms with Gasteiger partial charge in [-0.3, -0.25) is 10.1 Å². The van der Waals surface area contributed by atoms with Crippen LogP contribution in [0.25, 0.3) is 10.9 Å². The van der Waals surface area contributed by atoms with Crippen molar-refractivity contribution in [2.75, 3.05) is 5.32 Å². The number of hydrogen-bond acceptors (Lipinski definition) is 2. The summed E-state index contributed by atoms with van der Waals surface area (Å²) in [5, 5.41) is 7.42. The lowest BCUT2D eigenvalue weighted by Crippen LogP contribution is -2.34. The Bertz CT molecular complexity index is 859. The van der Waals surface area contributed by atoms with Gasteiger partial charge in [-0.15, -0.1) is 0 Å². The van der Waals surface area contributed by atoms with Crippen LogP contribution in [0, 0.1) is 0 Å². The lowest BCUT2D eigenvalue weighted by atomic mass is 10.2. The van der Waals surface area contributed by atoms with E-state index in [9.17, 15) is 4.79 Å². The summed E-state index contributed by atoms with van der Waals surface area (Å²) in [6, 6.07) is 14.4. The first-order valence-electron chi connectivity index (χ1n) is 6.57. The second kappa shape index (κ2) is 6.17. The highest BCUT2D eigenvalue weighted by atomic mass is 35.5. The van der Waals surface area contributed by atoms with E-state index >= 15 is 0 Å². The van der Waals surface area contributed by atoms with Crippen LogP contribution in [0.4, 0.5) is 5.69 Å². The molecule has 4 nitrogen and oxygen atoms in total. The number of rotatable bonds is 2. The van der Waals surface area contributed by atoms with Gasteiger partial charge in [-0.1, -0.05) is 17.7 Å². The summed E-state index contributed by atoms with van der Waals surface area (Å²) in [6.07, 6.45) is 1.87. The second-order valence-electron chi connectivity index (χ2n) is 4.70. The quantitative estimate of drug-likeness (QED) is 0.624. The van der Waals surface area contributed by atoms with Crippen molar-refractivity contribution in [3.05, 3.63) is 65.3 Å². The molecule has 0 radical (unpaired) electrons. The summed E-state index contributed by atoms with van der Waals surface area (Å²) >= 11 is 11.0. The maximum atomic E-state index is 12.1. The largest absolute Gasteiger partial charge is 0.361 e. The van der Waals surface area contributed by atoms with Crippen LogP contribution in [0.15, 0.2) is 54.7 Å². The molecule has 0 aliphatic carbocycles. The summed E-state index contributed by atoms with van der Waals surface area (Å²) in [5.41, 5.74) is 2.31. The molecule has 0 bridgehead atoms. The molecule has 0 saturated heterocycles. The molecule has 2 aromatic carbocycles. The van der Waals surface area contributed by atoms with Crippen LogP contribution in [-0.4, -0.2) is 16.0 Å². The smallest absolute Gasteiger partial charge is 0.257 e. The minimum Gasteiger partial charge on any atom is -0.361 e. The summed E-state index contributed by atoms with van der Waals surface area (Å²) < 4.78 is 0. The van der Waals surface area contributed by atoms with Crippen molar-refractivity contribution in [2.24, 2.45) is 0 Å². The van der Waals surface area contributed by atoms with Gasteiger partial charge in [-0.05, 0) is 54.7 Å². The van der Waals surface area contributed by atoms with Crippen LogP contribution in [0.3, 0.4) is 0 Å². The van der Waals surface area contributed by atoms with E-state index in [1.165, 1.54) is 0 Å². The molecule has 3 N–H and O–H groups in total. The fourth-order valence-corrected chi connectivity index (χ4v) is 2.50. The normalized spacial score (nSPS) is 10.4.